The number of pyridine rings is 1. The zero-order chi connectivity index (χ0) is 18.1. The van der Waals surface area contributed by atoms with Crippen LogP contribution < -0.4 is 10.2 Å². The number of aryl methyl sites for hydroxylation is 1. The summed E-state index contributed by atoms with van der Waals surface area (Å²) >= 11 is 0. The number of amides is 1. The van der Waals surface area contributed by atoms with Gasteiger partial charge in [-0.3, -0.25) is 4.79 Å². The third-order valence-corrected chi connectivity index (χ3v) is 4.73. The predicted molar refractivity (Wildman–Crippen MR) is 102 cm³/mol. The van der Waals surface area contributed by atoms with Crippen LogP contribution >= 0.6 is 0 Å². The highest BCUT2D eigenvalue weighted by atomic mass is 19.1. The molecule has 2 aromatic carbocycles. The smallest absolute Gasteiger partial charge is 0.255 e. The first kappa shape index (κ1) is 16.5. The van der Waals surface area contributed by atoms with Crippen molar-refractivity contribution in [3.8, 4) is 0 Å². The van der Waals surface area contributed by atoms with E-state index in [0.717, 1.165) is 37.3 Å². The van der Waals surface area contributed by atoms with Crippen molar-refractivity contribution in [1.29, 1.82) is 0 Å². The molecule has 0 unspecified atom stereocenters. The lowest BCUT2D eigenvalue weighted by atomic mass is 10.1. The molecule has 4 nitrogen and oxygen atoms in total. The normalized spacial score (nSPS) is 14.0. The van der Waals surface area contributed by atoms with Crippen LogP contribution in [0.25, 0.3) is 10.9 Å². The van der Waals surface area contributed by atoms with Crippen LogP contribution in [0.2, 0.25) is 0 Å². The van der Waals surface area contributed by atoms with Gasteiger partial charge in [0, 0.05) is 29.7 Å². The Labute approximate surface area is 151 Å². The molecule has 1 aliphatic rings. The van der Waals surface area contributed by atoms with Gasteiger partial charge in [0.15, 0.2) is 5.82 Å². The fraction of sp³-hybridized carbons (Fsp3) is 0.238. The number of carbonyl (C=O) groups is 1. The van der Waals surface area contributed by atoms with Crippen LogP contribution in [0.4, 0.5) is 15.9 Å². The lowest BCUT2D eigenvalue weighted by Crippen LogP contribution is -2.18. The van der Waals surface area contributed by atoms with Crippen molar-refractivity contribution in [3.05, 3.63) is 65.5 Å². The molecule has 132 valence electrons. The first-order chi connectivity index (χ1) is 12.6. The van der Waals surface area contributed by atoms with Gasteiger partial charge < -0.3 is 10.2 Å². The summed E-state index contributed by atoms with van der Waals surface area (Å²) < 4.78 is 14.6. The molecule has 1 N–H and O–H groups in total. The number of fused-ring (bicyclic) bond motifs is 1. The van der Waals surface area contributed by atoms with Crippen LogP contribution in [0.15, 0.2) is 48.5 Å². The Balaban J connectivity index is 1.61. The van der Waals surface area contributed by atoms with Gasteiger partial charge in [0.25, 0.3) is 5.91 Å². The summed E-state index contributed by atoms with van der Waals surface area (Å²) in [5.74, 6) is 0.124. The molecule has 2 heterocycles. The summed E-state index contributed by atoms with van der Waals surface area (Å²) in [6.45, 7) is 3.89. The topological polar surface area (TPSA) is 45.2 Å². The standard InChI is InChI=1S/C21H20FN3O/c1-14-4-6-15(7-5-14)21(26)23-17-12-16-8-9-19(25-10-2-3-11-25)24-20(16)18(22)13-17/h4-9,12-13H,2-3,10-11H2,1H3,(H,23,26). The van der Waals surface area contributed by atoms with Gasteiger partial charge in [-0.15, -0.1) is 0 Å². The van der Waals surface area contributed by atoms with Gasteiger partial charge in [-0.05, 0) is 56.2 Å². The van der Waals surface area contributed by atoms with Gasteiger partial charge in [0.05, 0.1) is 0 Å². The fourth-order valence-electron chi connectivity index (χ4n) is 3.28. The zero-order valence-electron chi connectivity index (χ0n) is 14.6. The molecular formula is C21H20FN3O. The Bertz CT molecular complexity index is 963. The number of nitrogens with one attached hydrogen (secondary N) is 1. The molecule has 1 aliphatic heterocycles. The van der Waals surface area contributed by atoms with Gasteiger partial charge in [0.2, 0.25) is 0 Å². The number of hydrogen-bond donors (Lipinski definition) is 1. The summed E-state index contributed by atoms with van der Waals surface area (Å²) in [5.41, 5.74) is 2.39. The van der Waals surface area contributed by atoms with E-state index in [9.17, 15) is 9.18 Å². The maximum absolute atomic E-state index is 14.6. The highest BCUT2D eigenvalue weighted by Crippen LogP contribution is 2.26. The maximum Gasteiger partial charge on any atom is 0.255 e. The van der Waals surface area contributed by atoms with E-state index in [4.69, 9.17) is 0 Å². The summed E-state index contributed by atoms with van der Waals surface area (Å²) in [6, 6.07) is 14.1. The van der Waals surface area contributed by atoms with E-state index in [1.807, 2.05) is 31.2 Å². The third kappa shape index (κ3) is 3.25. The van der Waals surface area contributed by atoms with Gasteiger partial charge in [-0.2, -0.15) is 0 Å². The highest BCUT2D eigenvalue weighted by Gasteiger charge is 2.15. The lowest BCUT2D eigenvalue weighted by molar-refractivity contribution is 0.102. The van der Waals surface area contributed by atoms with Crippen LogP contribution in [0.3, 0.4) is 0 Å². The summed E-state index contributed by atoms with van der Waals surface area (Å²) in [7, 11) is 0. The zero-order valence-corrected chi connectivity index (χ0v) is 14.6. The quantitative estimate of drug-likeness (QED) is 0.755. The molecule has 0 radical (unpaired) electrons. The molecule has 0 aliphatic carbocycles. The predicted octanol–water partition coefficient (Wildman–Crippen LogP) is 4.53. The molecule has 4 rings (SSSR count). The monoisotopic (exact) mass is 349 g/mol. The van der Waals surface area contributed by atoms with Crippen molar-refractivity contribution in [3.63, 3.8) is 0 Å². The molecule has 1 saturated heterocycles. The first-order valence-corrected chi connectivity index (χ1v) is 8.83. The molecular weight excluding hydrogens is 329 g/mol. The number of anilines is 2. The Hall–Kier alpha value is -2.95. The van der Waals surface area contributed by atoms with Gasteiger partial charge in [-0.25, -0.2) is 9.37 Å². The number of rotatable bonds is 3. The fourth-order valence-corrected chi connectivity index (χ4v) is 3.28. The summed E-state index contributed by atoms with van der Waals surface area (Å²) in [5, 5.41) is 3.44. The van der Waals surface area contributed by atoms with Crippen LogP contribution in [0.1, 0.15) is 28.8 Å². The number of halogens is 1. The highest BCUT2D eigenvalue weighted by molar-refractivity contribution is 6.05. The molecule has 3 aromatic rings. The SMILES string of the molecule is Cc1ccc(C(=O)Nc2cc(F)c3nc(N4CCCC4)ccc3c2)cc1. The summed E-state index contributed by atoms with van der Waals surface area (Å²) in [6.07, 6.45) is 2.29. The second kappa shape index (κ2) is 6.75. The molecule has 1 amide bonds. The molecule has 0 saturated carbocycles. The first-order valence-electron chi connectivity index (χ1n) is 8.83. The molecule has 5 heteroatoms. The van der Waals surface area contributed by atoms with E-state index in [0.29, 0.717) is 22.2 Å². The number of hydrogen-bond acceptors (Lipinski definition) is 3. The number of aromatic nitrogens is 1. The molecule has 1 aromatic heterocycles. The van der Waals surface area contributed by atoms with E-state index in [-0.39, 0.29) is 5.91 Å². The number of carbonyl (C=O) groups excluding carboxylic acids is 1. The van der Waals surface area contributed by atoms with Crippen molar-refractivity contribution < 1.29 is 9.18 Å². The Morgan fingerprint density at radius 3 is 2.54 bits per heavy atom. The summed E-state index contributed by atoms with van der Waals surface area (Å²) in [4.78, 5) is 19.0. The Kier molecular flexibility index (Phi) is 4.29. The van der Waals surface area contributed by atoms with E-state index in [1.54, 1.807) is 18.2 Å². The molecule has 0 atom stereocenters. The number of nitrogens with zero attached hydrogens (tertiary/aromatic N) is 2. The van der Waals surface area contributed by atoms with Crippen LogP contribution in [0.5, 0.6) is 0 Å². The number of benzene rings is 2. The van der Waals surface area contributed by atoms with E-state index in [1.165, 1.54) is 6.07 Å². The largest absolute Gasteiger partial charge is 0.357 e. The van der Waals surface area contributed by atoms with Gasteiger partial charge >= 0.3 is 0 Å². The second-order valence-corrected chi connectivity index (χ2v) is 6.71. The molecule has 1 fully saturated rings. The second-order valence-electron chi connectivity index (χ2n) is 6.71. The van der Waals surface area contributed by atoms with Gasteiger partial charge in [0.1, 0.15) is 11.3 Å². The minimum atomic E-state index is -0.428. The van der Waals surface area contributed by atoms with Crippen molar-refractivity contribution in [2.45, 2.75) is 19.8 Å². The molecule has 0 bridgehead atoms. The van der Waals surface area contributed by atoms with Crippen LogP contribution in [0, 0.1) is 12.7 Å². The average Bonchev–Trinajstić information content (AvgIpc) is 3.17. The Morgan fingerprint density at radius 1 is 1.08 bits per heavy atom. The Morgan fingerprint density at radius 2 is 1.81 bits per heavy atom. The van der Waals surface area contributed by atoms with E-state index < -0.39 is 5.82 Å². The van der Waals surface area contributed by atoms with Crippen molar-refractivity contribution >= 4 is 28.3 Å². The third-order valence-electron chi connectivity index (χ3n) is 4.73. The van der Waals surface area contributed by atoms with Crippen molar-refractivity contribution in [2.75, 3.05) is 23.3 Å². The minimum absolute atomic E-state index is 0.259. The van der Waals surface area contributed by atoms with E-state index >= 15 is 0 Å². The maximum atomic E-state index is 14.6. The van der Waals surface area contributed by atoms with Crippen LogP contribution in [-0.2, 0) is 0 Å². The lowest BCUT2D eigenvalue weighted by Gasteiger charge is -2.17. The van der Waals surface area contributed by atoms with Crippen molar-refractivity contribution in [1.82, 2.24) is 4.98 Å². The van der Waals surface area contributed by atoms with Crippen LogP contribution in [-0.4, -0.2) is 24.0 Å². The molecule has 0 spiro atoms. The van der Waals surface area contributed by atoms with Gasteiger partial charge in [-0.1, -0.05) is 17.7 Å². The molecule has 26 heavy (non-hydrogen) atoms. The van der Waals surface area contributed by atoms with Crippen molar-refractivity contribution in [2.24, 2.45) is 0 Å². The average molecular weight is 349 g/mol. The minimum Gasteiger partial charge on any atom is -0.357 e. The van der Waals surface area contributed by atoms with E-state index in [2.05, 4.69) is 15.2 Å².